The van der Waals surface area contributed by atoms with Crippen LogP contribution < -0.4 is 5.32 Å². The van der Waals surface area contributed by atoms with E-state index in [2.05, 4.69) is 10.3 Å². The number of pyridine rings is 1. The lowest BCUT2D eigenvalue weighted by molar-refractivity contribution is 0.0689. The van der Waals surface area contributed by atoms with Crippen LogP contribution in [0.4, 0.5) is 0 Å². The molecule has 2 N–H and O–H groups in total. The van der Waals surface area contributed by atoms with Gasteiger partial charge in [0.25, 0.3) is 0 Å². The first-order chi connectivity index (χ1) is 7.15. The number of carboxylic acids is 1. The highest BCUT2D eigenvalue weighted by molar-refractivity contribution is 5.87. The lowest BCUT2D eigenvalue weighted by Crippen LogP contribution is -2.04. The molecule has 0 saturated carbocycles. The number of carboxylic acid groups (broad SMARTS) is 1. The summed E-state index contributed by atoms with van der Waals surface area (Å²) in [4.78, 5) is 14.6. The number of aromatic carboxylic acids is 1. The molecule has 0 aliphatic rings. The van der Waals surface area contributed by atoms with Crippen molar-refractivity contribution in [2.45, 2.75) is 6.92 Å². The van der Waals surface area contributed by atoms with Crippen LogP contribution in [-0.4, -0.2) is 29.7 Å². The van der Waals surface area contributed by atoms with E-state index in [1.165, 1.54) is 0 Å². The van der Waals surface area contributed by atoms with Crippen molar-refractivity contribution >= 4 is 12.0 Å². The second-order valence-corrected chi connectivity index (χ2v) is 3.20. The molecule has 1 aromatic rings. The molecule has 15 heavy (non-hydrogen) atoms. The monoisotopic (exact) mass is 206 g/mol. The van der Waals surface area contributed by atoms with Crippen molar-refractivity contribution in [3.63, 3.8) is 0 Å². The first-order valence-corrected chi connectivity index (χ1v) is 4.66. The van der Waals surface area contributed by atoms with Gasteiger partial charge in [-0.3, -0.25) is 0 Å². The normalized spacial score (nSPS) is 10.8. The minimum atomic E-state index is -0.988. The average Bonchev–Trinajstić information content (AvgIpc) is 2.17. The van der Waals surface area contributed by atoms with Crippen LogP contribution in [0.25, 0.3) is 6.08 Å². The van der Waals surface area contributed by atoms with E-state index in [1.807, 2.05) is 25.3 Å². The number of hydrogen-bond acceptors (Lipinski definition) is 3. The molecular weight excluding hydrogens is 192 g/mol. The third kappa shape index (κ3) is 3.18. The Kier molecular flexibility index (Phi) is 4.00. The molecule has 1 heterocycles. The molecule has 0 spiro atoms. The summed E-state index contributed by atoms with van der Waals surface area (Å²) in [6, 6.07) is 1.81. The van der Waals surface area contributed by atoms with Crippen LogP contribution in [0.5, 0.6) is 0 Å². The average molecular weight is 206 g/mol. The highest BCUT2D eigenvalue weighted by atomic mass is 16.4. The number of nitrogens with one attached hydrogen (secondary N) is 1. The van der Waals surface area contributed by atoms with E-state index >= 15 is 0 Å². The summed E-state index contributed by atoms with van der Waals surface area (Å²) in [7, 11) is 1.86. The topological polar surface area (TPSA) is 62.2 Å². The van der Waals surface area contributed by atoms with Crippen LogP contribution >= 0.6 is 0 Å². The van der Waals surface area contributed by atoms with Crippen molar-refractivity contribution in [3.8, 4) is 0 Å². The molecule has 1 rings (SSSR count). The fourth-order valence-corrected chi connectivity index (χ4v) is 1.22. The zero-order valence-corrected chi connectivity index (χ0v) is 8.82. The van der Waals surface area contributed by atoms with E-state index < -0.39 is 5.97 Å². The first kappa shape index (κ1) is 11.4. The molecule has 1 aromatic heterocycles. The Balaban J connectivity index is 2.87. The van der Waals surface area contributed by atoms with Gasteiger partial charge in [-0.2, -0.15) is 0 Å². The fourth-order valence-electron chi connectivity index (χ4n) is 1.22. The molecule has 0 bridgehead atoms. The van der Waals surface area contributed by atoms with Crippen molar-refractivity contribution in [1.29, 1.82) is 0 Å². The van der Waals surface area contributed by atoms with Gasteiger partial charge < -0.3 is 10.4 Å². The van der Waals surface area contributed by atoms with E-state index in [0.717, 1.165) is 12.1 Å². The predicted molar refractivity (Wildman–Crippen MR) is 58.9 cm³/mol. The quantitative estimate of drug-likeness (QED) is 0.780. The standard InChI is InChI=1S/C11H14N2O2/c1-8-6-9(4-3-5-12-2)7-13-10(8)11(14)15/h3-4,6-7,12H,5H2,1-2H3,(H,14,15). The Morgan fingerprint density at radius 2 is 2.40 bits per heavy atom. The van der Waals surface area contributed by atoms with Crippen LogP contribution in [-0.2, 0) is 0 Å². The van der Waals surface area contributed by atoms with E-state index in [1.54, 1.807) is 13.1 Å². The van der Waals surface area contributed by atoms with Crippen molar-refractivity contribution in [2.24, 2.45) is 0 Å². The molecule has 0 unspecified atom stereocenters. The highest BCUT2D eigenvalue weighted by Crippen LogP contribution is 2.08. The maximum atomic E-state index is 10.7. The van der Waals surface area contributed by atoms with Crippen LogP contribution in [0, 0.1) is 6.92 Å². The summed E-state index contributed by atoms with van der Waals surface area (Å²) < 4.78 is 0. The molecule has 0 fully saturated rings. The van der Waals surface area contributed by atoms with Crippen molar-refractivity contribution in [3.05, 3.63) is 35.2 Å². The first-order valence-electron chi connectivity index (χ1n) is 4.66. The molecule has 4 nitrogen and oxygen atoms in total. The van der Waals surface area contributed by atoms with Crippen molar-refractivity contribution in [2.75, 3.05) is 13.6 Å². The lowest BCUT2D eigenvalue weighted by Gasteiger charge is -2.00. The second-order valence-electron chi connectivity index (χ2n) is 3.20. The van der Waals surface area contributed by atoms with E-state index in [0.29, 0.717) is 5.56 Å². The number of aryl methyl sites for hydroxylation is 1. The van der Waals surface area contributed by atoms with Gasteiger partial charge in [-0.1, -0.05) is 12.2 Å². The lowest BCUT2D eigenvalue weighted by atomic mass is 10.1. The van der Waals surface area contributed by atoms with E-state index in [4.69, 9.17) is 5.11 Å². The number of nitrogens with zero attached hydrogens (tertiary/aromatic N) is 1. The van der Waals surface area contributed by atoms with Gasteiger partial charge in [0.05, 0.1) is 0 Å². The summed E-state index contributed by atoms with van der Waals surface area (Å²) in [5, 5.41) is 11.8. The van der Waals surface area contributed by atoms with E-state index in [-0.39, 0.29) is 5.69 Å². The summed E-state index contributed by atoms with van der Waals surface area (Å²) >= 11 is 0. The van der Waals surface area contributed by atoms with E-state index in [9.17, 15) is 4.79 Å². The van der Waals surface area contributed by atoms with Gasteiger partial charge in [-0.15, -0.1) is 0 Å². The van der Waals surface area contributed by atoms with Crippen molar-refractivity contribution < 1.29 is 9.90 Å². The van der Waals surface area contributed by atoms with Gasteiger partial charge in [0.15, 0.2) is 5.69 Å². The number of carbonyl (C=O) groups is 1. The molecule has 0 aliphatic carbocycles. The van der Waals surface area contributed by atoms with Gasteiger partial charge in [0.2, 0.25) is 0 Å². The van der Waals surface area contributed by atoms with Crippen LogP contribution in [0.15, 0.2) is 18.3 Å². The number of rotatable bonds is 4. The summed E-state index contributed by atoms with van der Waals surface area (Å²) in [5.74, 6) is -0.988. The zero-order valence-electron chi connectivity index (χ0n) is 8.82. The summed E-state index contributed by atoms with van der Waals surface area (Å²) in [6.07, 6.45) is 5.42. The van der Waals surface area contributed by atoms with Gasteiger partial charge >= 0.3 is 5.97 Å². The fraction of sp³-hybridized carbons (Fsp3) is 0.273. The molecule has 0 atom stereocenters. The summed E-state index contributed by atoms with van der Waals surface area (Å²) in [6.45, 7) is 2.52. The van der Waals surface area contributed by atoms with Crippen molar-refractivity contribution in [1.82, 2.24) is 10.3 Å². The Labute approximate surface area is 88.7 Å². The maximum absolute atomic E-state index is 10.7. The third-order valence-corrected chi connectivity index (χ3v) is 1.93. The molecule has 0 amide bonds. The van der Waals surface area contributed by atoms with Crippen LogP contribution in [0.1, 0.15) is 21.6 Å². The Morgan fingerprint density at radius 1 is 1.67 bits per heavy atom. The minimum Gasteiger partial charge on any atom is -0.477 e. The predicted octanol–water partition coefficient (Wildman–Crippen LogP) is 1.32. The van der Waals surface area contributed by atoms with Gasteiger partial charge in [-0.25, -0.2) is 9.78 Å². The number of hydrogen-bond donors (Lipinski definition) is 2. The molecule has 0 radical (unpaired) electrons. The number of aromatic nitrogens is 1. The van der Waals surface area contributed by atoms with Gasteiger partial charge in [0, 0.05) is 12.7 Å². The molecule has 0 aromatic carbocycles. The smallest absolute Gasteiger partial charge is 0.354 e. The molecular formula is C11H14N2O2. The van der Waals surface area contributed by atoms with Gasteiger partial charge in [-0.05, 0) is 31.2 Å². The molecule has 0 saturated heterocycles. The highest BCUT2D eigenvalue weighted by Gasteiger charge is 2.07. The van der Waals surface area contributed by atoms with Crippen LogP contribution in [0.2, 0.25) is 0 Å². The molecule has 0 aliphatic heterocycles. The number of likely N-dealkylation sites (N-methyl/N-ethyl adjacent to an activating group) is 1. The Bertz CT molecular complexity index is 386. The minimum absolute atomic E-state index is 0.112. The van der Waals surface area contributed by atoms with Gasteiger partial charge in [0.1, 0.15) is 0 Å². The zero-order chi connectivity index (χ0) is 11.3. The SMILES string of the molecule is CNCC=Cc1cnc(C(=O)O)c(C)c1. The Hall–Kier alpha value is -1.68. The summed E-state index contributed by atoms with van der Waals surface area (Å²) in [5.41, 5.74) is 1.70. The molecule has 4 heteroatoms. The largest absolute Gasteiger partial charge is 0.477 e. The second kappa shape index (κ2) is 5.26. The Morgan fingerprint density at radius 3 is 2.93 bits per heavy atom. The molecule has 80 valence electrons. The van der Waals surface area contributed by atoms with Crippen LogP contribution in [0.3, 0.4) is 0 Å². The maximum Gasteiger partial charge on any atom is 0.354 e. The third-order valence-electron chi connectivity index (χ3n) is 1.93.